The molecule has 5 heteroatoms. The number of ether oxygens (including phenoxy) is 1. The summed E-state index contributed by atoms with van der Waals surface area (Å²) >= 11 is 5.87. The molecule has 1 aromatic heterocycles. The maximum atomic E-state index is 13.8. The van der Waals surface area contributed by atoms with Crippen LogP contribution in [0.15, 0.2) is 12.1 Å². The molecule has 0 spiro atoms. The summed E-state index contributed by atoms with van der Waals surface area (Å²) in [6, 6.07) is 3.16. The van der Waals surface area contributed by atoms with Crippen LogP contribution in [0, 0.1) is 17.7 Å². The number of methoxy groups -OCH3 is 1. The van der Waals surface area contributed by atoms with Gasteiger partial charge in [-0.2, -0.15) is 0 Å². The SMILES string of the molecule is COc1cc2c(cc1F)nc(CCCl)n2CC(C)C(C)C. The first-order valence-electron chi connectivity index (χ1n) is 7.26. The second-order valence-corrected chi connectivity index (χ2v) is 6.15. The van der Waals surface area contributed by atoms with Crippen LogP contribution in [0.3, 0.4) is 0 Å². The fourth-order valence-corrected chi connectivity index (χ4v) is 2.48. The van der Waals surface area contributed by atoms with Gasteiger partial charge in [-0.1, -0.05) is 20.8 Å². The molecule has 0 saturated heterocycles. The highest BCUT2D eigenvalue weighted by molar-refractivity contribution is 6.17. The zero-order valence-electron chi connectivity index (χ0n) is 13.0. The molecule has 1 atom stereocenters. The molecule has 0 aliphatic rings. The molecule has 0 aliphatic carbocycles. The van der Waals surface area contributed by atoms with Crippen molar-refractivity contribution in [2.75, 3.05) is 13.0 Å². The smallest absolute Gasteiger partial charge is 0.167 e. The van der Waals surface area contributed by atoms with E-state index in [1.54, 1.807) is 6.07 Å². The highest BCUT2D eigenvalue weighted by Gasteiger charge is 2.17. The molecule has 0 fully saturated rings. The summed E-state index contributed by atoms with van der Waals surface area (Å²) in [6.45, 7) is 7.45. The van der Waals surface area contributed by atoms with E-state index in [4.69, 9.17) is 16.3 Å². The van der Waals surface area contributed by atoms with E-state index in [-0.39, 0.29) is 11.6 Å². The van der Waals surface area contributed by atoms with Gasteiger partial charge in [-0.15, -0.1) is 11.6 Å². The van der Waals surface area contributed by atoms with Crippen molar-refractivity contribution in [1.29, 1.82) is 0 Å². The lowest BCUT2D eigenvalue weighted by molar-refractivity contribution is 0.364. The first-order chi connectivity index (χ1) is 9.97. The molecule has 2 aromatic rings. The Bertz CT molecular complexity index is 624. The average Bonchev–Trinajstić information content (AvgIpc) is 2.75. The number of benzene rings is 1. The van der Waals surface area contributed by atoms with E-state index in [1.165, 1.54) is 13.2 Å². The zero-order chi connectivity index (χ0) is 15.6. The fourth-order valence-electron chi connectivity index (χ4n) is 2.31. The van der Waals surface area contributed by atoms with E-state index >= 15 is 0 Å². The Balaban J connectivity index is 2.54. The van der Waals surface area contributed by atoms with Crippen LogP contribution in [-0.4, -0.2) is 22.5 Å². The lowest BCUT2D eigenvalue weighted by Crippen LogP contribution is -2.15. The van der Waals surface area contributed by atoms with Crippen LogP contribution in [0.2, 0.25) is 0 Å². The van der Waals surface area contributed by atoms with Gasteiger partial charge in [-0.25, -0.2) is 9.37 Å². The van der Waals surface area contributed by atoms with E-state index in [0.29, 0.717) is 29.7 Å². The number of imidazole rings is 1. The first-order valence-corrected chi connectivity index (χ1v) is 7.80. The largest absolute Gasteiger partial charge is 0.494 e. The molecule has 1 heterocycles. The van der Waals surface area contributed by atoms with Gasteiger partial charge >= 0.3 is 0 Å². The monoisotopic (exact) mass is 312 g/mol. The van der Waals surface area contributed by atoms with Crippen LogP contribution in [0.4, 0.5) is 4.39 Å². The van der Waals surface area contributed by atoms with E-state index in [1.807, 2.05) is 0 Å². The highest BCUT2D eigenvalue weighted by atomic mass is 35.5. The van der Waals surface area contributed by atoms with Crippen molar-refractivity contribution in [3.63, 3.8) is 0 Å². The number of nitrogens with zero attached hydrogens (tertiary/aromatic N) is 2. The minimum absolute atomic E-state index is 0.248. The number of fused-ring (bicyclic) bond motifs is 1. The third kappa shape index (κ3) is 3.31. The first kappa shape index (κ1) is 16.1. The van der Waals surface area contributed by atoms with Crippen molar-refractivity contribution in [2.24, 2.45) is 11.8 Å². The van der Waals surface area contributed by atoms with Gasteiger partial charge in [0.25, 0.3) is 0 Å². The maximum absolute atomic E-state index is 13.8. The lowest BCUT2D eigenvalue weighted by Gasteiger charge is -2.18. The molecule has 0 N–H and O–H groups in total. The number of hydrogen-bond donors (Lipinski definition) is 0. The summed E-state index contributed by atoms with van der Waals surface area (Å²) in [6.07, 6.45) is 0.672. The van der Waals surface area contributed by atoms with Gasteiger partial charge in [0, 0.05) is 31.0 Å². The van der Waals surface area contributed by atoms with Crippen LogP contribution in [0.25, 0.3) is 11.0 Å². The van der Waals surface area contributed by atoms with Gasteiger partial charge in [0.15, 0.2) is 11.6 Å². The van der Waals surface area contributed by atoms with Crippen LogP contribution in [-0.2, 0) is 13.0 Å². The minimum Gasteiger partial charge on any atom is -0.494 e. The van der Waals surface area contributed by atoms with Gasteiger partial charge in [0.1, 0.15) is 5.82 Å². The van der Waals surface area contributed by atoms with Crippen molar-refractivity contribution >= 4 is 22.6 Å². The van der Waals surface area contributed by atoms with E-state index in [0.717, 1.165) is 17.9 Å². The molecule has 1 aromatic carbocycles. The van der Waals surface area contributed by atoms with E-state index in [9.17, 15) is 4.39 Å². The average molecular weight is 313 g/mol. The predicted molar refractivity (Wildman–Crippen MR) is 84.7 cm³/mol. The number of halogens is 2. The third-order valence-corrected chi connectivity index (χ3v) is 4.22. The Morgan fingerprint density at radius 1 is 1.33 bits per heavy atom. The van der Waals surface area contributed by atoms with Crippen molar-refractivity contribution in [1.82, 2.24) is 9.55 Å². The lowest BCUT2D eigenvalue weighted by atomic mass is 9.98. The molecule has 21 heavy (non-hydrogen) atoms. The molecule has 0 amide bonds. The van der Waals surface area contributed by atoms with Gasteiger partial charge in [-0.05, 0) is 11.8 Å². The Morgan fingerprint density at radius 2 is 2.05 bits per heavy atom. The molecule has 0 bridgehead atoms. The minimum atomic E-state index is -0.385. The maximum Gasteiger partial charge on any atom is 0.167 e. The van der Waals surface area contributed by atoms with E-state index < -0.39 is 0 Å². The standard InChI is InChI=1S/C16H22ClFN2O/c1-10(2)11(3)9-20-14-8-15(21-4)12(18)7-13(14)19-16(20)5-6-17/h7-8,10-11H,5-6,9H2,1-4H3. The molecular formula is C16H22ClFN2O. The zero-order valence-corrected chi connectivity index (χ0v) is 13.7. The van der Waals surface area contributed by atoms with Gasteiger partial charge in [0.2, 0.25) is 0 Å². The Morgan fingerprint density at radius 3 is 2.62 bits per heavy atom. The normalized spacial score (nSPS) is 13.1. The van der Waals surface area contributed by atoms with E-state index in [2.05, 4.69) is 30.3 Å². The molecule has 1 unspecified atom stereocenters. The second-order valence-electron chi connectivity index (χ2n) is 5.77. The van der Waals surface area contributed by atoms with Crippen molar-refractivity contribution in [2.45, 2.75) is 33.7 Å². The predicted octanol–water partition coefficient (Wildman–Crippen LogP) is 4.26. The van der Waals surface area contributed by atoms with Crippen molar-refractivity contribution in [3.05, 3.63) is 23.8 Å². The summed E-state index contributed by atoms with van der Waals surface area (Å²) in [4.78, 5) is 4.53. The second kappa shape index (κ2) is 6.65. The molecule has 0 aliphatic heterocycles. The van der Waals surface area contributed by atoms with Crippen molar-refractivity contribution < 1.29 is 9.13 Å². The number of aromatic nitrogens is 2. The Labute approximate surface area is 130 Å². The Kier molecular flexibility index (Phi) is 5.09. The van der Waals surface area contributed by atoms with Crippen LogP contribution >= 0.6 is 11.6 Å². The molecule has 0 radical (unpaired) electrons. The fraction of sp³-hybridized carbons (Fsp3) is 0.562. The number of rotatable bonds is 6. The van der Waals surface area contributed by atoms with Crippen LogP contribution in [0.1, 0.15) is 26.6 Å². The Hall–Kier alpha value is -1.29. The topological polar surface area (TPSA) is 27.1 Å². The van der Waals surface area contributed by atoms with Crippen LogP contribution in [0.5, 0.6) is 5.75 Å². The summed E-state index contributed by atoms with van der Waals surface area (Å²) in [5, 5.41) is 0. The van der Waals surface area contributed by atoms with Gasteiger partial charge < -0.3 is 9.30 Å². The highest BCUT2D eigenvalue weighted by Crippen LogP contribution is 2.27. The number of hydrogen-bond acceptors (Lipinski definition) is 2. The summed E-state index contributed by atoms with van der Waals surface area (Å²) < 4.78 is 21.1. The molecule has 3 nitrogen and oxygen atoms in total. The molecule has 0 saturated carbocycles. The van der Waals surface area contributed by atoms with Crippen molar-refractivity contribution in [3.8, 4) is 5.75 Å². The third-order valence-electron chi connectivity index (χ3n) is 4.03. The summed E-state index contributed by atoms with van der Waals surface area (Å²) in [5.74, 6) is 2.32. The van der Waals surface area contributed by atoms with Gasteiger partial charge in [-0.3, -0.25) is 0 Å². The summed E-state index contributed by atoms with van der Waals surface area (Å²) in [7, 11) is 1.47. The van der Waals surface area contributed by atoms with Crippen LogP contribution < -0.4 is 4.74 Å². The molecule has 116 valence electrons. The number of alkyl halides is 1. The molecular weight excluding hydrogens is 291 g/mol. The quantitative estimate of drug-likeness (QED) is 0.745. The molecule has 2 rings (SSSR count). The van der Waals surface area contributed by atoms with Gasteiger partial charge in [0.05, 0.1) is 18.1 Å². The summed E-state index contributed by atoms with van der Waals surface area (Å²) in [5.41, 5.74) is 1.56. The number of aryl methyl sites for hydroxylation is 1.